The SMILES string of the molecule is CC(C)(C)OC(=O)Nc1sc2cc(-c3ccccc3)cnc2c1C(=O)Nc1cnccc1N1CCC[C@H](NC(=O)O)C1. The number of carbonyl (C=O) groups is 3. The van der Waals surface area contributed by atoms with Gasteiger partial charge in [0.2, 0.25) is 0 Å². The number of nitrogens with zero attached hydrogens (tertiary/aromatic N) is 3. The van der Waals surface area contributed by atoms with Crippen LogP contribution >= 0.6 is 11.3 Å². The zero-order valence-corrected chi connectivity index (χ0v) is 24.3. The Balaban J connectivity index is 1.48. The first-order valence-corrected chi connectivity index (χ1v) is 14.4. The molecular weight excluding hydrogens is 556 g/mol. The lowest BCUT2D eigenvalue weighted by molar-refractivity contribution is 0.0636. The number of carbonyl (C=O) groups excluding carboxylic acids is 2. The van der Waals surface area contributed by atoms with Crippen LogP contribution in [-0.4, -0.2) is 57.9 Å². The van der Waals surface area contributed by atoms with Gasteiger partial charge in [-0.25, -0.2) is 9.59 Å². The Labute approximate surface area is 246 Å². The lowest BCUT2D eigenvalue weighted by Crippen LogP contribution is -2.47. The van der Waals surface area contributed by atoms with E-state index in [0.717, 1.165) is 34.4 Å². The summed E-state index contributed by atoms with van der Waals surface area (Å²) in [7, 11) is 0. The molecule has 5 rings (SSSR count). The molecule has 0 aliphatic carbocycles. The Kier molecular flexibility index (Phi) is 8.25. The van der Waals surface area contributed by atoms with Gasteiger partial charge in [-0.1, -0.05) is 30.3 Å². The van der Waals surface area contributed by atoms with E-state index in [2.05, 4.69) is 25.9 Å². The zero-order chi connectivity index (χ0) is 29.9. The third kappa shape index (κ3) is 6.77. The predicted octanol–water partition coefficient (Wildman–Crippen LogP) is 6.19. The van der Waals surface area contributed by atoms with Crippen molar-refractivity contribution in [1.29, 1.82) is 0 Å². The molecule has 4 aromatic rings. The van der Waals surface area contributed by atoms with Gasteiger partial charge in [0, 0.05) is 37.1 Å². The third-order valence-electron chi connectivity index (χ3n) is 6.61. The quantitative estimate of drug-likeness (QED) is 0.208. The highest BCUT2D eigenvalue weighted by molar-refractivity contribution is 7.23. The Morgan fingerprint density at radius 2 is 1.86 bits per heavy atom. The molecule has 1 fully saturated rings. The first-order valence-electron chi connectivity index (χ1n) is 13.5. The molecule has 0 spiro atoms. The van der Waals surface area contributed by atoms with Crippen LogP contribution in [0.25, 0.3) is 21.3 Å². The van der Waals surface area contributed by atoms with Crippen LogP contribution < -0.4 is 20.9 Å². The number of ether oxygens (including phenoxy) is 1. The van der Waals surface area contributed by atoms with E-state index in [1.54, 1.807) is 45.4 Å². The maximum atomic E-state index is 13.9. The maximum absolute atomic E-state index is 13.9. The Morgan fingerprint density at radius 1 is 1.07 bits per heavy atom. The Morgan fingerprint density at radius 3 is 2.60 bits per heavy atom. The van der Waals surface area contributed by atoms with E-state index >= 15 is 0 Å². The van der Waals surface area contributed by atoms with Crippen molar-refractivity contribution in [2.24, 2.45) is 0 Å². The summed E-state index contributed by atoms with van der Waals surface area (Å²) in [5, 5.41) is 17.8. The van der Waals surface area contributed by atoms with E-state index in [1.165, 1.54) is 11.3 Å². The highest BCUT2D eigenvalue weighted by Gasteiger charge is 2.27. The number of amides is 3. The summed E-state index contributed by atoms with van der Waals surface area (Å²) in [5.74, 6) is -0.473. The molecule has 1 aliphatic rings. The van der Waals surface area contributed by atoms with Crippen molar-refractivity contribution in [2.45, 2.75) is 45.3 Å². The molecule has 1 atom stereocenters. The van der Waals surface area contributed by atoms with Gasteiger partial charge in [0.15, 0.2) is 0 Å². The molecule has 0 saturated carbocycles. The minimum absolute atomic E-state index is 0.208. The monoisotopic (exact) mass is 588 g/mol. The van der Waals surface area contributed by atoms with Crippen LogP contribution in [0.1, 0.15) is 44.0 Å². The normalized spacial score (nSPS) is 15.2. The van der Waals surface area contributed by atoms with Crippen LogP contribution in [0.15, 0.2) is 61.1 Å². The lowest BCUT2D eigenvalue weighted by Gasteiger charge is -2.35. The summed E-state index contributed by atoms with van der Waals surface area (Å²) < 4.78 is 6.18. The molecular formula is C30H32N6O5S. The second-order valence-electron chi connectivity index (χ2n) is 11.0. The second-order valence-corrected chi connectivity index (χ2v) is 12.0. The van der Waals surface area contributed by atoms with E-state index in [1.807, 2.05) is 41.3 Å². The summed E-state index contributed by atoms with van der Waals surface area (Å²) in [6.45, 7) is 6.44. The van der Waals surface area contributed by atoms with Gasteiger partial charge in [-0.2, -0.15) is 0 Å². The highest BCUT2D eigenvalue weighted by atomic mass is 32.1. The molecule has 12 heteroatoms. The summed E-state index contributed by atoms with van der Waals surface area (Å²) in [6, 6.07) is 13.3. The zero-order valence-electron chi connectivity index (χ0n) is 23.5. The van der Waals surface area contributed by atoms with Crippen molar-refractivity contribution in [1.82, 2.24) is 15.3 Å². The summed E-state index contributed by atoms with van der Waals surface area (Å²) >= 11 is 1.24. The molecule has 1 aromatic carbocycles. The lowest BCUT2D eigenvalue weighted by atomic mass is 10.0. The van der Waals surface area contributed by atoms with Crippen LogP contribution in [0.2, 0.25) is 0 Å². The average molecular weight is 589 g/mol. The van der Waals surface area contributed by atoms with Gasteiger partial charge in [0.05, 0.1) is 27.8 Å². The number of anilines is 3. The molecule has 0 bridgehead atoms. The Hall–Kier alpha value is -4.71. The number of nitrogens with one attached hydrogen (secondary N) is 3. The summed E-state index contributed by atoms with van der Waals surface area (Å²) in [5.41, 5.74) is 2.96. The number of hydrogen-bond acceptors (Lipinski definition) is 8. The van der Waals surface area contributed by atoms with Crippen molar-refractivity contribution in [3.05, 3.63) is 66.6 Å². The number of fused-ring (bicyclic) bond motifs is 1. The number of aromatic nitrogens is 2. The number of hydrogen-bond donors (Lipinski definition) is 4. The summed E-state index contributed by atoms with van der Waals surface area (Å²) in [4.78, 5) is 48.7. The van der Waals surface area contributed by atoms with E-state index in [-0.39, 0.29) is 11.6 Å². The number of carboxylic acid groups (broad SMARTS) is 1. The fraction of sp³-hybridized carbons (Fsp3) is 0.300. The van der Waals surface area contributed by atoms with Gasteiger partial charge in [-0.3, -0.25) is 20.1 Å². The van der Waals surface area contributed by atoms with Gasteiger partial charge >= 0.3 is 12.2 Å². The largest absolute Gasteiger partial charge is 0.465 e. The first kappa shape index (κ1) is 28.8. The number of rotatable bonds is 6. The van der Waals surface area contributed by atoms with Crippen LogP contribution in [0.4, 0.5) is 26.0 Å². The number of piperidine rings is 1. The molecule has 218 valence electrons. The third-order valence-corrected chi connectivity index (χ3v) is 7.65. The minimum Gasteiger partial charge on any atom is -0.465 e. The molecule has 0 unspecified atom stereocenters. The standard InChI is InChI=1S/C30H32N6O5S/c1-30(2,3)41-29(40)35-27-24(25-23(42-27)14-19(15-32-25)18-8-5-4-6-9-18)26(37)34-21-16-31-12-11-22(21)36-13-7-10-20(17-36)33-28(38)39/h4-6,8-9,11-12,14-16,20,33H,7,10,13,17H2,1-3H3,(H,34,37)(H,35,40)(H,38,39)/t20-/m0/s1. The second kappa shape index (κ2) is 12.0. The Bertz CT molecular complexity index is 1620. The topological polar surface area (TPSA) is 146 Å². The van der Waals surface area contributed by atoms with Gasteiger partial charge in [-0.15, -0.1) is 11.3 Å². The van der Waals surface area contributed by atoms with Crippen molar-refractivity contribution >= 4 is 56.0 Å². The van der Waals surface area contributed by atoms with Crippen LogP contribution in [0, 0.1) is 0 Å². The fourth-order valence-electron chi connectivity index (χ4n) is 4.89. The highest BCUT2D eigenvalue weighted by Crippen LogP contribution is 2.38. The maximum Gasteiger partial charge on any atom is 0.412 e. The molecule has 1 saturated heterocycles. The predicted molar refractivity (Wildman–Crippen MR) is 163 cm³/mol. The van der Waals surface area contributed by atoms with E-state index in [9.17, 15) is 19.5 Å². The molecule has 3 aromatic heterocycles. The van der Waals surface area contributed by atoms with Crippen LogP contribution in [0.5, 0.6) is 0 Å². The van der Waals surface area contributed by atoms with E-state index < -0.39 is 23.7 Å². The molecule has 1 aliphatic heterocycles. The fourth-order valence-corrected chi connectivity index (χ4v) is 5.98. The average Bonchev–Trinajstić information content (AvgIpc) is 3.29. The van der Waals surface area contributed by atoms with Gasteiger partial charge < -0.3 is 25.4 Å². The number of thiophene rings is 1. The molecule has 11 nitrogen and oxygen atoms in total. The van der Waals surface area contributed by atoms with E-state index in [0.29, 0.717) is 29.3 Å². The number of benzene rings is 1. The van der Waals surface area contributed by atoms with Gasteiger partial charge in [0.25, 0.3) is 5.91 Å². The molecule has 3 amide bonds. The minimum atomic E-state index is -1.07. The van der Waals surface area contributed by atoms with Gasteiger partial charge in [0.1, 0.15) is 16.2 Å². The van der Waals surface area contributed by atoms with Gasteiger partial charge in [-0.05, 0) is 51.3 Å². The first-order chi connectivity index (χ1) is 20.1. The van der Waals surface area contributed by atoms with Crippen LogP contribution in [0.3, 0.4) is 0 Å². The van der Waals surface area contributed by atoms with Crippen LogP contribution in [-0.2, 0) is 4.74 Å². The molecule has 0 radical (unpaired) electrons. The van der Waals surface area contributed by atoms with Crippen molar-refractivity contribution < 1.29 is 24.2 Å². The molecule has 42 heavy (non-hydrogen) atoms. The smallest absolute Gasteiger partial charge is 0.412 e. The van der Waals surface area contributed by atoms with Crippen molar-refractivity contribution in [3.8, 4) is 11.1 Å². The molecule has 4 N–H and O–H groups in total. The van der Waals surface area contributed by atoms with Crippen molar-refractivity contribution in [3.63, 3.8) is 0 Å². The van der Waals surface area contributed by atoms with E-state index in [4.69, 9.17) is 4.74 Å². The summed E-state index contributed by atoms with van der Waals surface area (Å²) in [6.07, 6.45) is 4.65. The molecule has 4 heterocycles. The number of pyridine rings is 2. The van der Waals surface area contributed by atoms with Crippen molar-refractivity contribution in [2.75, 3.05) is 28.6 Å².